The van der Waals surface area contributed by atoms with Gasteiger partial charge in [0.2, 0.25) is 4.96 Å². The highest BCUT2D eigenvalue weighted by atomic mass is 35.5. The van der Waals surface area contributed by atoms with Crippen molar-refractivity contribution in [2.75, 3.05) is 0 Å². The number of hydrogen-bond donors (Lipinski definition) is 0. The Labute approximate surface area is 174 Å². The minimum atomic E-state index is -0.232. The maximum atomic E-state index is 12.7. The van der Waals surface area contributed by atoms with Crippen LogP contribution in [0.15, 0.2) is 47.3 Å². The summed E-state index contributed by atoms with van der Waals surface area (Å²) in [6.07, 6.45) is 1.83. The molecule has 2 heterocycles. The van der Waals surface area contributed by atoms with Crippen molar-refractivity contribution in [3.05, 3.63) is 73.0 Å². The van der Waals surface area contributed by atoms with Gasteiger partial charge in [0.05, 0.1) is 10.6 Å². The molecule has 28 heavy (non-hydrogen) atoms. The molecule has 4 aromatic rings. The van der Waals surface area contributed by atoms with E-state index in [4.69, 9.17) is 27.9 Å². The summed E-state index contributed by atoms with van der Waals surface area (Å²) in [5.74, 6) is 1.27. The van der Waals surface area contributed by atoms with E-state index in [1.165, 1.54) is 15.9 Å². The normalized spacial score (nSPS) is 12.2. The second-order valence-electron chi connectivity index (χ2n) is 6.40. The number of nitrogens with zero attached hydrogens (tertiary/aromatic N) is 3. The molecule has 142 valence electrons. The molecule has 0 N–H and O–H groups in total. The van der Waals surface area contributed by atoms with Crippen LogP contribution in [0.2, 0.25) is 10.0 Å². The van der Waals surface area contributed by atoms with Crippen LogP contribution >= 0.6 is 34.5 Å². The molecule has 8 heteroatoms. The lowest BCUT2D eigenvalue weighted by atomic mass is 10.2. The molecule has 0 fully saturated rings. The van der Waals surface area contributed by atoms with Gasteiger partial charge in [-0.15, -0.1) is 5.10 Å². The van der Waals surface area contributed by atoms with E-state index < -0.39 is 0 Å². The first-order valence-electron chi connectivity index (χ1n) is 8.54. The van der Waals surface area contributed by atoms with Gasteiger partial charge in [0.25, 0.3) is 5.56 Å². The van der Waals surface area contributed by atoms with E-state index in [9.17, 15) is 4.79 Å². The molecule has 0 radical (unpaired) electrons. The van der Waals surface area contributed by atoms with Crippen LogP contribution in [0, 0.1) is 0 Å². The fourth-order valence-corrected chi connectivity index (χ4v) is 4.03. The summed E-state index contributed by atoms with van der Waals surface area (Å²) in [4.78, 5) is 17.7. The molecule has 0 atom stereocenters. The summed E-state index contributed by atoms with van der Waals surface area (Å²) in [5.41, 5.74) is 1.30. The fraction of sp³-hybridized carbons (Fsp3) is 0.150. The van der Waals surface area contributed by atoms with Gasteiger partial charge in [0.1, 0.15) is 5.75 Å². The van der Waals surface area contributed by atoms with E-state index in [0.717, 1.165) is 11.3 Å². The molecule has 0 spiro atoms. The van der Waals surface area contributed by atoms with Gasteiger partial charge < -0.3 is 4.74 Å². The highest BCUT2D eigenvalue weighted by Gasteiger charge is 2.12. The molecule has 0 bridgehead atoms. The van der Waals surface area contributed by atoms with E-state index in [-0.39, 0.29) is 11.7 Å². The lowest BCUT2D eigenvalue weighted by Crippen LogP contribution is -2.23. The van der Waals surface area contributed by atoms with Crippen molar-refractivity contribution in [3.63, 3.8) is 0 Å². The van der Waals surface area contributed by atoms with Gasteiger partial charge in [-0.25, -0.2) is 0 Å². The van der Waals surface area contributed by atoms with Crippen LogP contribution in [0.5, 0.6) is 5.75 Å². The Kier molecular flexibility index (Phi) is 5.10. The summed E-state index contributed by atoms with van der Waals surface area (Å²) in [5, 5.41) is 5.39. The van der Waals surface area contributed by atoms with Crippen molar-refractivity contribution in [1.82, 2.24) is 14.6 Å². The van der Waals surface area contributed by atoms with Crippen LogP contribution in [0.25, 0.3) is 22.4 Å². The quantitative estimate of drug-likeness (QED) is 0.478. The summed E-state index contributed by atoms with van der Waals surface area (Å²) in [6.45, 7) is 3.95. The molecular weight excluding hydrogens is 417 g/mol. The summed E-state index contributed by atoms with van der Waals surface area (Å²) >= 11 is 13.4. The number of ether oxygens (including phenoxy) is 1. The standard InChI is InChI=1S/C20H15Cl2N3O2S/c1-11(2)27-15-7-4-12(5-8-15)18-23-20-25(24-18)19(26)17(28-20)9-13-3-6-14(21)10-16(13)22/h3-11H,1-2H3/b17-9-. The maximum Gasteiger partial charge on any atom is 0.291 e. The summed E-state index contributed by atoms with van der Waals surface area (Å²) in [7, 11) is 0. The number of halogens is 2. The van der Waals surface area contributed by atoms with Crippen molar-refractivity contribution >= 4 is 45.6 Å². The van der Waals surface area contributed by atoms with Gasteiger partial charge in [0, 0.05) is 15.6 Å². The SMILES string of the molecule is CC(C)Oc1ccc(-c2nc3s/c(=C\c4ccc(Cl)cc4Cl)c(=O)n3n2)cc1. The van der Waals surface area contributed by atoms with E-state index in [1.54, 1.807) is 24.3 Å². The molecule has 0 aliphatic carbocycles. The molecule has 0 aliphatic rings. The topological polar surface area (TPSA) is 56.5 Å². The molecule has 2 aromatic heterocycles. The number of aromatic nitrogens is 3. The van der Waals surface area contributed by atoms with Crippen molar-refractivity contribution in [2.45, 2.75) is 20.0 Å². The van der Waals surface area contributed by atoms with Gasteiger partial charge >= 0.3 is 0 Å². The Morgan fingerprint density at radius 1 is 1.14 bits per heavy atom. The second-order valence-corrected chi connectivity index (χ2v) is 8.26. The smallest absolute Gasteiger partial charge is 0.291 e. The molecule has 0 saturated carbocycles. The Balaban J connectivity index is 1.70. The Morgan fingerprint density at radius 3 is 2.54 bits per heavy atom. The van der Waals surface area contributed by atoms with E-state index in [2.05, 4.69) is 10.1 Å². The van der Waals surface area contributed by atoms with Crippen molar-refractivity contribution in [1.29, 1.82) is 0 Å². The molecule has 0 aliphatic heterocycles. The summed E-state index contributed by atoms with van der Waals surface area (Å²) in [6, 6.07) is 12.6. The predicted molar refractivity (Wildman–Crippen MR) is 114 cm³/mol. The molecule has 2 aromatic carbocycles. The Bertz CT molecular complexity index is 1260. The van der Waals surface area contributed by atoms with Crippen molar-refractivity contribution < 1.29 is 4.74 Å². The number of benzene rings is 2. The fourth-order valence-electron chi connectivity index (χ4n) is 2.67. The highest BCUT2D eigenvalue weighted by Crippen LogP contribution is 2.23. The predicted octanol–water partition coefficient (Wildman–Crippen LogP) is 4.46. The van der Waals surface area contributed by atoms with E-state index in [0.29, 0.717) is 30.9 Å². The van der Waals surface area contributed by atoms with Crippen LogP contribution in [0.1, 0.15) is 19.4 Å². The van der Waals surface area contributed by atoms with Crippen molar-refractivity contribution in [2.24, 2.45) is 0 Å². The second kappa shape index (κ2) is 7.54. The third kappa shape index (κ3) is 3.76. The van der Waals surface area contributed by atoms with Crippen LogP contribution in [0.4, 0.5) is 0 Å². The van der Waals surface area contributed by atoms with Crippen LogP contribution in [-0.2, 0) is 0 Å². The van der Waals surface area contributed by atoms with E-state index in [1.807, 2.05) is 38.1 Å². The van der Waals surface area contributed by atoms with Gasteiger partial charge in [0.15, 0.2) is 5.82 Å². The zero-order valence-electron chi connectivity index (χ0n) is 15.0. The van der Waals surface area contributed by atoms with Gasteiger partial charge in [-0.1, -0.05) is 40.6 Å². The van der Waals surface area contributed by atoms with Gasteiger partial charge in [-0.3, -0.25) is 4.79 Å². The molecule has 0 unspecified atom stereocenters. The molecular formula is C20H15Cl2N3O2S. The maximum absolute atomic E-state index is 12.7. The first kappa shape index (κ1) is 18.9. The number of hydrogen-bond acceptors (Lipinski definition) is 5. The van der Waals surface area contributed by atoms with Crippen LogP contribution in [0.3, 0.4) is 0 Å². The van der Waals surface area contributed by atoms with Crippen molar-refractivity contribution in [3.8, 4) is 17.1 Å². The van der Waals surface area contributed by atoms with Gasteiger partial charge in [-0.05, 0) is 61.9 Å². The third-order valence-electron chi connectivity index (χ3n) is 3.92. The monoisotopic (exact) mass is 431 g/mol. The van der Waals surface area contributed by atoms with Crippen LogP contribution in [-0.4, -0.2) is 20.7 Å². The summed E-state index contributed by atoms with van der Waals surface area (Å²) < 4.78 is 7.46. The first-order valence-corrected chi connectivity index (χ1v) is 10.1. The molecule has 0 amide bonds. The van der Waals surface area contributed by atoms with Gasteiger partial charge in [-0.2, -0.15) is 9.50 Å². The largest absolute Gasteiger partial charge is 0.491 e. The minimum Gasteiger partial charge on any atom is -0.491 e. The first-order chi connectivity index (χ1) is 13.4. The molecule has 0 saturated heterocycles. The average molecular weight is 432 g/mol. The lowest BCUT2D eigenvalue weighted by molar-refractivity contribution is 0.242. The molecule has 4 rings (SSSR count). The highest BCUT2D eigenvalue weighted by molar-refractivity contribution is 7.15. The molecule has 5 nitrogen and oxygen atoms in total. The zero-order valence-corrected chi connectivity index (χ0v) is 17.3. The average Bonchev–Trinajstić information content (AvgIpc) is 3.17. The Hall–Kier alpha value is -2.41. The van der Waals surface area contributed by atoms with Crippen LogP contribution < -0.4 is 14.8 Å². The number of rotatable bonds is 4. The number of thiazole rings is 1. The Morgan fingerprint density at radius 2 is 1.89 bits per heavy atom. The zero-order chi connectivity index (χ0) is 19.8. The van der Waals surface area contributed by atoms with E-state index >= 15 is 0 Å². The minimum absolute atomic E-state index is 0.105. The third-order valence-corrected chi connectivity index (χ3v) is 5.44. The number of fused-ring (bicyclic) bond motifs is 1. The lowest BCUT2D eigenvalue weighted by Gasteiger charge is -2.09.